The number of carbonyl (C=O) groups is 2. The first-order valence-electron chi connectivity index (χ1n) is 11.1. The maximum absolute atomic E-state index is 12.6. The number of allylic oxidation sites excluding steroid dienone is 1. The number of ether oxygens (including phenoxy) is 1. The highest BCUT2D eigenvalue weighted by atomic mass is 16.6. The molecular formula is C28H26N2O4. The molecule has 1 heterocycles. The normalized spacial score (nSPS) is 13.9. The van der Waals surface area contributed by atoms with E-state index in [9.17, 15) is 9.59 Å². The summed E-state index contributed by atoms with van der Waals surface area (Å²) in [5.74, 6) is -0.845. The summed E-state index contributed by atoms with van der Waals surface area (Å²) in [4.78, 5) is 28.0. The van der Waals surface area contributed by atoms with Crippen molar-refractivity contribution in [1.82, 2.24) is 5.32 Å². The predicted molar refractivity (Wildman–Crippen MR) is 133 cm³/mol. The van der Waals surface area contributed by atoms with Gasteiger partial charge in [-0.1, -0.05) is 78.9 Å². The number of nitrogens with one attached hydrogen (secondary N) is 1. The fraction of sp³-hybridized carbons (Fsp3) is 0.179. The van der Waals surface area contributed by atoms with E-state index in [1.807, 2.05) is 92.7 Å². The zero-order chi connectivity index (χ0) is 24.1. The third-order valence-electron chi connectivity index (χ3n) is 5.79. The van der Waals surface area contributed by atoms with Gasteiger partial charge in [0, 0.05) is 5.57 Å². The van der Waals surface area contributed by atoms with Crippen molar-refractivity contribution in [2.45, 2.75) is 26.4 Å². The largest absolute Gasteiger partial charge is 0.481 e. The topological polar surface area (TPSA) is 88.0 Å². The standard InChI is InChI=1S/C28H26N2O4/c1-18-27(30-28(33)34-19(2)21-6-4-3-5-7-21)25(17-29-18)24-14-12-23(13-15-24)22-10-8-20(9-11-22)16-26(31)32/h3-15,19H,16-17H2,1-2H3,(H,30,33)(H,31,32). The van der Waals surface area contributed by atoms with Gasteiger partial charge in [0.25, 0.3) is 0 Å². The molecule has 2 N–H and O–H groups in total. The molecule has 6 heteroatoms. The maximum atomic E-state index is 12.6. The van der Waals surface area contributed by atoms with Gasteiger partial charge in [-0.3, -0.25) is 15.1 Å². The van der Waals surface area contributed by atoms with Crippen molar-refractivity contribution in [2.75, 3.05) is 6.54 Å². The number of carbonyl (C=O) groups excluding carboxylic acids is 1. The molecule has 34 heavy (non-hydrogen) atoms. The number of rotatable bonds is 7. The fourth-order valence-electron chi connectivity index (χ4n) is 3.91. The number of carboxylic acids is 1. The van der Waals surface area contributed by atoms with Crippen LogP contribution >= 0.6 is 0 Å². The third-order valence-corrected chi connectivity index (χ3v) is 5.79. The Balaban J connectivity index is 1.48. The molecule has 0 spiro atoms. The van der Waals surface area contributed by atoms with Gasteiger partial charge >= 0.3 is 12.1 Å². The Morgan fingerprint density at radius 1 is 0.941 bits per heavy atom. The summed E-state index contributed by atoms with van der Waals surface area (Å²) in [7, 11) is 0. The molecule has 0 fully saturated rings. The van der Waals surface area contributed by atoms with E-state index in [0.717, 1.165) is 39.1 Å². The van der Waals surface area contributed by atoms with Gasteiger partial charge in [0.15, 0.2) is 0 Å². The van der Waals surface area contributed by atoms with Crippen LogP contribution in [0.1, 0.15) is 36.6 Å². The van der Waals surface area contributed by atoms with Crippen LogP contribution < -0.4 is 5.32 Å². The number of amides is 1. The molecular weight excluding hydrogens is 428 g/mol. The third kappa shape index (κ3) is 5.41. The Labute approximate surface area is 198 Å². The number of aliphatic carboxylic acids is 1. The van der Waals surface area contributed by atoms with E-state index in [0.29, 0.717) is 12.2 Å². The average molecular weight is 455 g/mol. The molecule has 1 aliphatic rings. The first kappa shape index (κ1) is 23.0. The van der Waals surface area contributed by atoms with Crippen LogP contribution in [0.2, 0.25) is 0 Å². The first-order valence-corrected chi connectivity index (χ1v) is 11.1. The highest BCUT2D eigenvalue weighted by molar-refractivity contribution is 6.10. The molecule has 1 atom stereocenters. The lowest BCUT2D eigenvalue weighted by Gasteiger charge is -2.16. The second kappa shape index (κ2) is 10.2. The van der Waals surface area contributed by atoms with Crippen LogP contribution in [0.3, 0.4) is 0 Å². The molecule has 0 radical (unpaired) electrons. The minimum atomic E-state index is -0.845. The summed E-state index contributed by atoms with van der Waals surface area (Å²) in [5.41, 5.74) is 7.06. The second-order valence-corrected chi connectivity index (χ2v) is 8.18. The van der Waals surface area contributed by atoms with E-state index in [-0.39, 0.29) is 12.5 Å². The molecule has 1 amide bonds. The van der Waals surface area contributed by atoms with Gasteiger partial charge in [0.05, 0.1) is 24.4 Å². The molecule has 1 unspecified atom stereocenters. The molecule has 172 valence electrons. The molecule has 0 saturated carbocycles. The smallest absolute Gasteiger partial charge is 0.412 e. The minimum Gasteiger partial charge on any atom is -0.481 e. The van der Waals surface area contributed by atoms with Crippen molar-refractivity contribution >= 4 is 23.3 Å². The number of nitrogens with zero attached hydrogens (tertiary/aromatic N) is 1. The summed E-state index contributed by atoms with van der Waals surface area (Å²) in [6, 6.07) is 25.1. The molecule has 3 aromatic rings. The number of hydrogen-bond acceptors (Lipinski definition) is 4. The van der Waals surface area contributed by atoms with E-state index in [1.165, 1.54) is 0 Å². The van der Waals surface area contributed by atoms with Crippen molar-refractivity contribution in [3.8, 4) is 11.1 Å². The van der Waals surface area contributed by atoms with Gasteiger partial charge in [-0.05, 0) is 41.7 Å². The predicted octanol–water partition coefficient (Wildman–Crippen LogP) is 5.65. The van der Waals surface area contributed by atoms with Crippen LogP contribution in [0.15, 0.2) is 89.6 Å². The van der Waals surface area contributed by atoms with Crippen molar-refractivity contribution in [1.29, 1.82) is 0 Å². The molecule has 0 aliphatic carbocycles. The molecule has 0 saturated heterocycles. The van der Waals surface area contributed by atoms with Crippen LogP contribution in [0.5, 0.6) is 0 Å². The Morgan fingerprint density at radius 2 is 1.53 bits per heavy atom. The summed E-state index contributed by atoms with van der Waals surface area (Å²) in [6.45, 7) is 4.20. The number of alkyl carbamates (subject to hydrolysis) is 1. The summed E-state index contributed by atoms with van der Waals surface area (Å²) >= 11 is 0. The summed E-state index contributed by atoms with van der Waals surface area (Å²) < 4.78 is 5.57. The van der Waals surface area contributed by atoms with Crippen LogP contribution in [-0.2, 0) is 16.0 Å². The van der Waals surface area contributed by atoms with Gasteiger partial charge in [0.1, 0.15) is 6.10 Å². The molecule has 4 rings (SSSR count). The van der Waals surface area contributed by atoms with Gasteiger partial charge in [0.2, 0.25) is 0 Å². The molecule has 0 aromatic heterocycles. The molecule has 6 nitrogen and oxygen atoms in total. The van der Waals surface area contributed by atoms with E-state index >= 15 is 0 Å². The minimum absolute atomic E-state index is 0.00899. The van der Waals surface area contributed by atoms with E-state index in [1.54, 1.807) is 0 Å². The molecule has 1 aliphatic heterocycles. The van der Waals surface area contributed by atoms with Gasteiger partial charge in [-0.25, -0.2) is 4.79 Å². The highest BCUT2D eigenvalue weighted by Gasteiger charge is 2.21. The van der Waals surface area contributed by atoms with Crippen LogP contribution in [0, 0.1) is 0 Å². The fourth-order valence-corrected chi connectivity index (χ4v) is 3.91. The Hall–Kier alpha value is -4.19. The SMILES string of the molecule is CC1=NCC(c2ccc(-c3ccc(CC(=O)O)cc3)cc2)=C1NC(=O)OC(C)c1ccccc1. The van der Waals surface area contributed by atoms with Crippen LogP contribution in [-0.4, -0.2) is 29.4 Å². The second-order valence-electron chi connectivity index (χ2n) is 8.18. The van der Waals surface area contributed by atoms with Gasteiger partial charge in [-0.15, -0.1) is 0 Å². The number of benzene rings is 3. The van der Waals surface area contributed by atoms with E-state index in [4.69, 9.17) is 9.84 Å². The van der Waals surface area contributed by atoms with E-state index < -0.39 is 12.1 Å². The Bertz CT molecular complexity index is 1240. The number of hydrogen-bond donors (Lipinski definition) is 2. The zero-order valence-corrected chi connectivity index (χ0v) is 19.1. The van der Waals surface area contributed by atoms with Crippen LogP contribution in [0.25, 0.3) is 16.7 Å². The molecule has 3 aromatic carbocycles. The van der Waals surface area contributed by atoms with Crippen molar-refractivity contribution in [3.05, 3.63) is 101 Å². The number of carboxylic acid groups (broad SMARTS) is 1. The van der Waals surface area contributed by atoms with Crippen molar-refractivity contribution in [2.24, 2.45) is 4.99 Å². The van der Waals surface area contributed by atoms with Gasteiger partial charge in [-0.2, -0.15) is 0 Å². The summed E-state index contributed by atoms with van der Waals surface area (Å²) in [5, 5.41) is 11.8. The van der Waals surface area contributed by atoms with Gasteiger partial charge < -0.3 is 9.84 Å². The molecule has 0 bridgehead atoms. The highest BCUT2D eigenvalue weighted by Crippen LogP contribution is 2.28. The monoisotopic (exact) mass is 454 g/mol. The first-order chi connectivity index (χ1) is 16.4. The van der Waals surface area contributed by atoms with Crippen LogP contribution in [0.4, 0.5) is 4.79 Å². The number of aliphatic imine (C=N–C) groups is 1. The van der Waals surface area contributed by atoms with Crippen molar-refractivity contribution in [3.63, 3.8) is 0 Å². The average Bonchev–Trinajstić information content (AvgIpc) is 3.19. The zero-order valence-electron chi connectivity index (χ0n) is 19.1. The van der Waals surface area contributed by atoms with E-state index in [2.05, 4.69) is 10.3 Å². The summed E-state index contributed by atoms with van der Waals surface area (Å²) in [6.07, 6.45) is -0.877. The van der Waals surface area contributed by atoms with Crippen molar-refractivity contribution < 1.29 is 19.4 Å². The Morgan fingerprint density at radius 3 is 2.15 bits per heavy atom. The lowest BCUT2D eigenvalue weighted by atomic mass is 9.98. The Kier molecular flexibility index (Phi) is 6.87. The maximum Gasteiger partial charge on any atom is 0.412 e. The lowest BCUT2D eigenvalue weighted by Crippen LogP contribution is -2.27. The quantitative estimate of drug-likeness (QED) is 0.483. The lowest BCUT2D eigenvalue weighted by molar-refractivity contribution is -0.136.